The van der Waals surface area contributed by atoms with Crippen molar-refractivity contribution in [3.63, 3.8) is 0 Å². The Kier molecular flexibility index (Phi) is 3.58. The first-order valence-electron chi connectivity index (χ1n) is 5.48. The van der Waals surface area contributed by atoms with Gasteiger partial charge in [-0.3, -0.25) is 0 Å². The Balaban J connectivity index is 2.36. The van der Waals surface area contributed by atoms with Gasteiger partial charge in [0.15, 0.2) is 11.6 Å². The fourth-order valence-corrected chi connectivity index (χ4v) is 1.58. The summed E-state index contributed by atoms with van der Waals surface area (Å²) in [6.07, 6.45) is -0.851. The Hall–Kier alpha value is -1.94. The third-order valence-corrected chi connectivity index (χ3v) is 2.48. The minimum absolute atomic E-state index is 0.0425. The van der Waals surface area contributed by atoms with E-state index in [1.165, 1.54) is 43.3 Å². The van der Waals surface area contributed by atoms with E-state index in [9.17, 15) is 13.9 Å². The van der Waals surface area contributed by atoms with Crippen LogP contribution in [-0.2, 0) is 0 Å². The number of halogens is 2. The highest BCUT2D eigenvalue weighted by Gasteiger charge is 2.14. The van der Waals surface area contributed by atoms with Crippen LogP contribution in [-0.4, -0.2) is 5.11 Å². The number of aliphatic hydroxyl groups is 1. The molecule has 0 fully saturated rings. The number of para-hydroxylation sites is 1. The van der Waals surface area contributed by atoms with Crippen LogP contribution in [0.2, 0.25) is 0 Å². The van der Waals surface area contributed by atoms with Gasteiger partial charge >= 0.3 is 0 Å². The molecular weight excluding hydrogens is 238 g/mol. The summed E-state index contributed by atoms with van der Waals surface area (Å²) < 4.78 is 31.8. The monoisotopic (exact) mass is 250 g/mol. The summed E-state index contributed by atoms with van der Waals surface area (Å²) in [6.45, 7) is 1.52. The number of rotatable bonds is 3. The largest absolute Gasteiger partial charge is 0.454 e. The van der Waals surface area contributed by atoms with E-state index in [1.54, 1.807) is 6.07 Å². The molecule has 2 nitrogen and oxygen atoms in total. The molecule has 0 radical (unpaired) electrons. The molecule has 2 aromatic carbocycles. The van der Waals surface area contributed by atoms with Crippen LogP contribution < -0.4 is 4.74 Å². The third-order valence-electron chi connectivity index (χ3n) is 2.48. The Bertz CT molecular complexity index is 536. The highest BCUT2D eigenvalue weighted by molar-refractivity contribution is 5.40. The first kappa shape index (κ1) is 12.5. The van der Waals surface area contributed by atoms with E-state index in [4.69, 9.17) is 4.74 Å². The van der Waals surface area contributed by atoms with Gasteiger partial charge in [-0.2, -0.15) is 0 Å². The van der Waals surface area contributed by atoms with Gasteiger partial charge in [-0.15, -0.1) is 0 Å². The maximum Gasteiger partial charge on any atom is 0.168 e. The summed E-state index contributed by atoms with van der Waals surface area (Å²) in [7, 11) is 0. The SMILES string of the molecule is C[C@H](O)c1cccc(F)c1Oc1ccc(F)cc1. The van der Waals surface area contributed by atoms with Crippen LogP contribution in [0.1, 0.15) is 18.6 Å². The van der Waals surface area contributed by atoms with Gasteiger partial charge in [0, 0.05) is 5.56 Å². The van der Waals surface area contributed by atoms with Crippen molar-refractivity contribution in [2.24, 2.45) is 0 Å². The molecule has 0 spiro atoms. The smallest absolute Gasteiger partial charge is 0.168 e. The zero-order valence-corrected chi connectivity index (χ0v) is 9.73. The molecule has 1 N–H and O–H groups in total. The van der Waals surface area contributed by atoms with E-state index in [2.05, 4.69) is 0 Å². The first-order chi connectivity index (χ1) is 8.58. The average Bonchev–Trinajstić information content (AvgIpc) is 2.34. The maximum atomic E-state index is 13.7. The van der Waals surface area contributed by atoms with Crippen molar-refractivity contribution in [3.8, 4) is 11.5 Å². The fraction of sp³-hybridized carbons (Fsp3) is 0.143. The van der Waals surface area contributed by atoms with Crippen molar-refractivity contribution < 1.29 is 18.6 Å². The van der Waals surface area contributed by atoms with E-state index in [-0.39, 0.29) is 5.75 Å². The van der Waals surface area contributed by atoms with E-state index >= 15 is 0 Å². The molecule has 0 bridgehead atoms. The van der Waals surface area contributed by atoms with Crippen molar-refractivity contribution in [1.29, 1.82) is 0 Å². The molecule has 0 aliphatic carbocycles. The van der Waals surface area contributed by atoms with Crippen molar-refractivity contribution in [2.75, 3.05) is 0 Å². The molecule has 2 rings (SSSR count). The highest BCUT2D eigenvalue weighted by Crippen LogP contribution is 2.32. The lowest BCUT2D eigenvalue weighted by atomic mass is 10.1. The number of hydrogen-bond donors (Lipinski definition) is 1. The molecule has 0 aromatic heterocycles. The van der Waals surface area contributed by atoms with E-state index < -0.39 is 17.7 Å². The Morgan fingerprint density at radius 3 is 2.33 bits per heavy atom. The van der Waals surface area contributed by atoms with Gasteiger partial charge in [0.25, 0.3) is 0 Å². The standard InChI is InChI=1S/C14H12F2O2/c1-9(17)12-3-2-4-13(16)14(12)18-11-7-5-10(15)6-8-11/h2-9,17H,1H3/t9-/m0/s1. The van der Waals surface area contributed by atoms with Crippen molar-refractivity contribution in [2.45, 2.75) is 13.0 Å². The van der Waals surface area contributed by atoms with Crippen molar-refractivity contribution >= 4 is 0 Å². The number of ether oxygens (including phenoxy) is 1. The van der Waals surface area contributed by atoms with Crippen molar-refractivity contribution in [1.82, 2.24) is 0 Å². The van der Waals surface area contributed by atoms with Gasteiger partial charge in [0.05, 0.1) is 6.10 Å². The molecule has 94 valence electrons. The fourth-order valence-electron chi connectivity index (χ4n) is 1.58. The lowest BCUT2D eigenvalue weighted by molar-refractivity contribution is 0.194. The summed E-state index contributed by atoms with van der Waals surface area (Å²) in [5.74, 6) is -0.702. The van der Waals surface area contributed by atoms with Gasteiger partial charge in [0.1, 0.15) is 11.6 Å². The highest BCUT2D eigenvalue weighted by atomic mass is 19.1. The minimum atomic E-state index is -0.851. The average molecular weight is 250 g/mol. The van der Waals surface area contributed by atoms with Gasteiger partial charge in [-0.05, 0) is 37.3 Å². The quantitative estimate of drug-likeness (QED) is 0.897. The lowest BCUT2D eigenvalue weighted by Crippen LogP contribution is -1.98. The number of hydrogen-bond acceptors (Lipinski definition) is 2. The topological polar surface area (TPSA) is 29.5 Å². The number of benzene rings is 2. The summed E-state index contributed by atoms with van der Waals surface area (Å²) >= 11 is 0. The Morgan fingerprint density at radius 2 is 1.72 bits per heavy atom. The first-order valence-corrected chi connectivity index (χ1v) is 5.48. The van der Waals surface area contributed by atoms with Gasteiger partial charge in [0.2, 0.25) is 0 Å². The van der Waals surface area contributed by atoms with Crippen LogP contribution in [0.5, 0.6) is 11.5 Å². The van der Waals surface area contributed by atoms with Crippen LogP contribution in [0, 0.1) is 11.6 Å². The van der Waals surface area contributed by atoms with Crippen molar-refractivity contribution in [3.05, 3.63) is 59.7 Å². The maximum absolute atomic E-state index is 13.7. The molecule has 4 heteroatoms. The Labute approximate surface area is 103 Å². The summed E-state index contributed by atoms with van der Waals surface area (Å²) in [5, 5.41) is 9.54. The molecule has 0 amide bonds. The van der Waals surface area contributed by atoms with Gasteiger partial charge in [-0.1, -0.05) is 12.1 Å². The van der Waals surface area contributed by atoms with Gasteiger partial charge in [-0.25, -0.2) is 8.78 Å². The van der Waals surface area contributed by atoms with Crippen LogP contribution in [0.4, 0.5) is 8.78 Å². The zero-order valence-electron chi connectivity index (χ0n) is 9.73. The molecule has 0 heterocycles. The predicted octanol–water partition coefficient (Wildman–Crippen LogP) is 3.81. The zero-order chi connectivity index (χ0) is 13.1. The molecule has 2 aromatic rings. The second-order valence-corrected chi connectivity index (χ2v) is 3.89. The Morgan fingerprint density at radius 1 is 1.06 bits per heavy atom. The summed E-state index contributed by atoms with van der Waals surface area (Å²) in [4.78, 5) is 0. The van der Waals surface area contributed by atoms with Crippen LogP contribution in [0.15, 0.2) is 42.5 Å². The lowest BCUT2D eigenvalue weighted by Gasteiger charge is -2.13. The molecule has 1 atom stereocenters. The molecule has 0 saturated heterocycles. The van der Waals surface area contributed by atoms with E-state index in [0.717, 1.165) is 0 Å². The molecule has 18 heavy (non-hydrogen) atoms. The normalized spacial score (nSPS) is 12.2. The third kappa shape index (κ3) is 2.65. The molecule has 0 aliphatic rings. The van der Waals surface area contributed by atoms with Gasteiger partial charge < -0.3 is 9.84 Å². The van der Waals surface area contributed by atoms with Crippen LogP contribution >= 0.6 is 0 Å². The number of aliphatic hydroxyl groups excluding tert-OH is 1. The second kappa shape index (κ2) is 5.14. The summed E-state index contributed by atoms with van der Waals surface area (Å²) in [5.41, 5.74) is 0.347. The molecular formula is C14H12F2O2. The molecule has 0 unspecified atom stereocenters. The van der Waals surface area contributed by atoms with E-state index in [1.807, 2.05) is 0 Å². The van der Waals surface area contributed by atoms with Crippen LogP contribution in [0.3, 0.4) is 0 Å². The minimum Gasteiger partial charge on any atom is -0.454 e. The predicted molar refractivity (Wildman–Crippen MR) is 63.5 cm³/mol. The second-order valence-electron chi connectivity index (χ2n) is 3.89. The molecule has 0 saturated carbocycles. The van der Waals surface area contributed by atoms with E-state index in [0.29, 0.717) is 11.3 Å². The molecule has 0 aliphatic heterocycles. The summed E-state index contributed by atoms with van der Waals surface area (Å²) in [6, 6.07) is 9.55. The van der Waals surface area contributed by atoms with Crippen LogP contribution in [0.25, 0.3) is 0 Å².